The molecule has 0 aliphatic rings. The highest BCUT2D eigenvalue weighted by Gasteiger charge is 2.16. The minimum Gasteiger partial charge on any atom is -0.508 e. The van der Waals surface area contributed by atoms with Crippen molar-refractivity contribution in [3.8, 4) is 28.7 Å². The summed E-state index contributed by atoms with van der Waals surface area (Å²) >= 11 is 11.6. The molecular weight excluding hydrogens is 318 g/mol. The Morgan fingerprint density at radius 1 is 0.952 bits per heavy atom. The molecule has 1 heterocycles. The molecular formula is C14H7Cl2FN2O2. The van der Waals surface area contributed by atoms with Gasteiger partial charge in [0, 0.05) is 5.56 Å². The highest BCUT2D eigenvalue weighted by atomic mass is 35.5. The first-order valence-electron chi connectivity index (χ1n) is 5.82. The number of hydrogen-bond acceptors (Lipinski definition) is 4. The van der Waals surface area contributed by atoms with Crippen LogP contribution in [0.1, 0.15) is 0 Å². The molecule has 3 rings (SSSR count). The van der Waals surface area contributed by atoms with Crippen LogP contribution in [0.2, 0.25) is 10.0 Å². The van der Waals surface area contributed by atoms with E-state index >= 15 is 0 Å². The molecule has 0 aliphatic carbocycles. The Balaban J connectivity index is 2.02. The average molecular weight is 325 g/mol. The van der Waals surface area contributed by atoms with Gasteiger partial charge in [-0.05, 0) is 36.4 Å². The maximum Gasteiger partial charge on any atom is 0.249 e. The number of benzene rings is 2. The van der Waals surface area contributed by atoms with Gasteiger partial charge in [-0.3, -0.25) is 0 Å². The Hall–Kier alpha value is -2.11. The predicted molar refractivity (Wildman–Crippen MR) is 76.8 cm³/mol. The van der Waals surface area contributed by atoms with Crippen molar-refractivity contribution in [2.45, 2.75) is 0 Å². The maximum atomic E-state index is 13.5. The number of aromatic nitrogens is 2. The SMILES string of the molecule is Oc1ccc(-c2nnc(-c3cc(F)c(Cl)cc3Cl)o2)cc1. The molecule has 0 spiro atoms. The number of nitrogens with zero attached hydrogens (tertiary/aromatic N) is 2. The molecule has 2 aromatic carbocycles. The van der Waals surface area contributed by atoms with Crippen molar-refractivity contribution < 1.29 is 13.9 Å². The lowest BCUT2D eigenvalue weighted by Crippen LogP contribution is -1.84. The lowest BCUT2D eigenvalue weighted by molar-refractivity contribution is 0.475. The van der Waals surface area contributed by atoms with Crippen molar-refractivity contribution in [3.63, 3.8) is 0 Å². The smallest absolute Gasteiger partial charge is 0.249 e. The lowest BCUT2D eigenvalue weighted by Gasteiger charge is -2.01. The summed E-state index contributed by atoms with van der Waals surface area (Å²) < 4.78 is 19.0. The highest BCUT2D eigenvalue weighted by molar-refractivity contribution is 6.36. The van der Waals surface area contributed by atoms with Gasteiger partial charge in [-0.15, -0.1) is 10.2 Å². The zero-order valence-corrected chi connectivity index (χ0v) is 11.9. The van der Waals surface area contributed by atoms with Gasteiger partial charge in [0.15, 0.2) is 0 Å². The minimum atomic E-state index is -0.625. The molecule has 21 heavy (non-hydrogen) atoms. The molecule has 4 nitrogen and oxygen atoms in total. The summed E-state index contributed by atoms with van der Waals surface area (Å²) in [6.45, 7) is 0. The van der Waals surface area contributed by atoms with Crippen LogP contribution in [0.5, 0.6) is 5.75 Å². The number of aromatic hydroxyl groups is 1. The van der Waals surface area contributed by atoms with E-state index in [2.05, 4.69) is 10.2 Å². The van der Waals surface area contributed by atoms with Crippen molar-refractivity contribution in [2.75, 3.05) is 0 Å². The molecule has 0 unspecified atom stereocenters. The van der Waals surface area contributed by atoms with Gasteiger partial charge in [-0.25, -0.2) is 4.39 Å². The van der Waals surface area contributed by atoms with E-state index in [1.165, 1.54) is 18.2 Å². The average Bonchev–Trinajstić information content (AvgIpc) is 2.93. The van der Waals surface area contributed by atoms with E-state index in [-0.39, 0.29) is 33.1 Å². The predicted octanol–water partition coefficient (Wildman–Crippen LogP) is 4.56. The van der Waals surface area contributed by atoms with E-state index in [0.717, 1.165) is 6.07 Å². The van der Waals surface area contributed by atoms with Crippen LogP contribution < -0.4 is 0 Å². The fraction of sp³-hybridized carbons (Fsp3) is 0. The molecule has 0 radical (unpaired) electrons. The Labute approximate surface area is 128 Å². The lowest BCUT2D eigenvalue weighted by atomic mass is 10.2. The van der Waals surface area contributed by atoms with Crippen LogP contribution in [0.25, 0.3) is 22.9 Å². The van der Waals surface area contributed by atoms with Crippen LogP contribution in [-0.2, 0) is 0 Å². The van der Waals surface area contributed by atoms with Crippen molar-refractivity contribution in [2.24, 2.45) is 0 Å². The van der Waals surface area contributed by atoms with Crippen LogP contribution in [-0.4, -0.2) is 15.3 Å². The van der Waals surface area contributed by atoms with Gasteiger partial charge in [-0.1, -0.05) is 23.2 Å². The molecule has 0 bridgehead atoms. The number of phenols is 1. The van der Waals surface area contributed by atoms with E-state index < -0.39 is 5.82 Å². The fourth-order valence-electron chi connectivity index (χ4n) is 1.74. The van der Waals surface area contributed by atoms with Gasteiger partial charge in [0.1, 0.15) is 11.6 Å². The quantitative estimate of drug-likeness (QED) is 0.702. The first kappa shape index (κ1) is 13.9. The third-order valence-electron chi connectivity index (χ3n) is 2.78. The van der Waals surface area contributed by atoms with Crippen molar-refractivity contribution >= 4 is 23.2 Å². The topological polar surface area (TPSA) is 59.2 Å². The van der Waals surface area contributed by atoms with Crippen molar-refractivity contribution in [1.82, 2.24) is 10.2 Å². The molecule has 1 aromatic heterocycles. The first-order valence-corrected chi connectivity index (χ1v) is 6.58. The summed E-state index contributed by atoms with van der Waals surface area (Å²) in [6, 6.07) is 8.65. The number of rotatable bonds is 2. The summed E-state index contributed by atoms with van der Waals surface area (Å²) in [7, 11) is 0. The van der Waals surface area contributed by atoms with Crippen molar-refractivity contribution in [3.05, 3.63) is 52.3 Å². The third-order valence-corrected chi connectivity index (χ3v) is 3.38. The summed E-state index contributed by atoms with van der Waals surface area (Å²) in [5.41, 5.74) is 0.883. The summed E-state index contributed by atoms with van der Waals surface area (Å²) in [5.74, 6) is -0.183. The van der Waals surface area contributed by atoms with Gasteiger partial charge in [0.2, 0.25) is 11.8 Å². The second kappa shape index (κ2) is 5.35. The van der Waals surface area contributed by atoms with Crippen LogP contribution in [0.4, 0.5) is 4.39 Å². The second-order valence-corrected chi connectivity index (χ2v) is 5.02. The molecule has 0 amide bonds. The molecule has 7 heteroatoms. The number of phenolic OH excluding ortho intramolecular Hbond substituents is 1. The molecule has 0 fully saturated rings. The standard InChI is InChI=1S/C14H7Cl2FN2O2/c15-10-6-11(16)12(17)5-9(10)14-19-18-13(21-14)7-1-3-8(20)4-2-7/h1-6,20H. The maximum absolute atomic E-state index is 13.5. The third kappa shape index (κ3) is 2.70. The van der Waals surface area contributed by atoms with Crippen LogP contribution in [0.15, 0.2) is 40.8 Å². The van der Waals surface area contributed by atoms with Gasteiger partial charge in [0.05, 0.1) is 15.6 Å². The summed E-state index contributed by atoms with van der Waals surface area (Å²) in [6.07, 6.45) is 0. The van der Waals surface area contributed by atoms with Gasteiger partial charge >= 0.3 is 0 Å². The fourth-order valence-corrected chi connectivity index (χ4v) is 2.20. The Bertz CT molecular complexity index is 803. The normalized spacial score (nSPS) is 10.8. The van der Waals surface area contributed by atoms with E-state index in [1.54, 1.807) is 12.1 Å². The molecule has 0 saturated heterocycles. The second-order valence-electron chi connectivity index (χ2n) is 4.21. The zero-order valence-electron chi connectivity index (χ0n) is 10.3. The van der Waals surface area contributed by atoms with Gasteiger partial charge in [-0.2, -0.15) is 0 Å². The molecule has 0 atom stereocenters. The zero-order chi connectivity index (χ0) is 15.0. The van der Waals surface area contributed by atoms with Crippen molar-refractivity contribution in [1.29, 1.82) is 0 Å². The molecule has 0 saturated carbocycles. The molecule has 1 N–H and O–H groups in total. The van der Waals surface area contributed by atoms with E-state index in [4.69, 9.17) is 27.6 Å². The highest BCUT2D eigenvalue weighted by Crippen LogP contribution is 2.33. The molecule has 106 valence electrons. The Morgan fingerprint density at radius 2 is 1.62 bits per heavy atom. The Kier molecular flexibility index (Phi) is 3.53. The number of halogens is 3. The van der Waals surface area contributed by atoms with Gasteiger partial charge in [0.25, 0.3) is 0 Å². The monoisotopic (exact) mass is 324 g/mol. The van der Waals surface area contributed by atoms with Crippen LogP contribution >= 0.6 is 23.2 Å². The van der Waals surface area contributed by atoms with E-state index in [9.17, 15) is 9.50 Å². The number of hydrogen-bond donors (Lipinski definition) is 1. The molecule has 0 aliphatic heterocycles. The van der Waals surface area contributed by atoms with E-state index in [1.807, 2.05) is 0 Å². The van der Waals surface area contributed by atoms with Crippen LogP contribution in [0.3, 0.4) is 0 Å². The first-order chi connectivity index (χ1) is 10.0. The van der Waals surface area contributed by atoms with E-state index in [0.29, 0.717) is 5.56 Å². The molecule has 3 aromatic rings. The van der Waals surface area contributed by atoms with Gasteiger partial charge < -0.3 is 9.52 Å². The summed E-state index contributed by atoms with van der Waals surface area (Å²) in [4.78, 5) is 0. The summed E-state index contributed by atoms with van der Waals surface area (Å²) in [5, 5.41) is 17.1. The van der Waals surface area contributed by atoms with Crippen LogP contribution in [0, 0.1) is 5.82 Å². The minimum absolute atomic E-state index is 0.0815. The largest absolute Gasteiger partial charge is 0.508 e. The Morgan fingerprint density at radius 3 is 2.33 bits per heavy atom.